The maximum Gasteiger partial charge on any atom is 0.410 e. The van der Waals surface area contributed by atoms with Crippen LogP contribution < -0.4 is 0 Å². The van der Waals surface area contributed by atoms with Crippen molar-refractivity contribution < 1.29 is 19.0 Å². The minimum atomic E-state index is -0.452. The average molecular weight is 441 g/mol. The molecule has 1 aliphatic heterocycles. The van der Waals surface area contributed by atoms with E-state index in [-0.39, 0.29) is 17.8 Å². The van der Waals surface area contributed by atoms with Crippen LogP contribution in [0.1, 0.15) is 47.5 Å². The number of ether oxygens (including phenoxy) is 3. The van der Waals surface area contributed by atoms with Gasteiger partial charge in [0.25, 0.3) is 0 Å². The molecule has 1 unspecified atom stereocenters. The van der Waals surface area contributed by atoms with Crippen molar-refractivity contribution in [3.05, 3.63) is 0 Å². The Morgan fingerprint density at radius 1 is 1.26 bits per heavy atom. The van der Waals surface area contributed by atoms with Gasteiger partial charge in [-0.3, -0.25) is 0 Å². The van der Waals surface area contributed by atoms with Gasteiger partial charge >= 0.3 is 6.09 Å². The fourth-order valence-electron chi connectivity index (χ4n) is 2.55. The molecule has 0 bridgehead atoms. The summed E-state index contributed by atoms with van der Waals surface area (Å²) in [4.78, 5) is 14.0. The molecule has 1 rings (SSSR count). The lowest BCUT2D eigenvalue weighted by Crippen LogP contribution is -2.52. The Bertz CT molecular complexity index is 373. The van der Waals surface area contributed by atoms with Crippen molar-refractivity contribution in [2.75, 3.05) is 31.2 Å². The molecule has 0 aromatic heterocycles. The lowest BCUT2D eigenvalue weighted by atomic mass is 9.92. The van der Waals surface area contributed by atoms with Gasteiger partial charge in [-0.2, -0.15) is 0 Å². The zero-order valence-corrected chi connectivity index (χ0v) is 17.5. The van der Waals surface area contributed by atoms with Crippen LogP contribution in [0.25, 0.3) is 0 Å². The van der Waals surface area contributed by atoms with Gasteiger partial charge < -0.3 is 19.1 Å². The van der Waals surface area contributed by atoms with E-state index in [1.807, 2.05) is 20.8 Å². The molecule has 5 nitrogen and oxygen atoms in total. The second-order valence-electron chi connectivity index (χ2n) is 7.64. The third-order valence-corrected chi connectivity index (χ3v) is 5.44. The summed E-state index contributed by atoms with van der Waals surface area (Å²) in [5.74, 6) is 0.402. The Kier molecular flexibility index (Phi) is 8.07. The fraction of sp³-hybridized carbons (Fsp3) is 0.941. The van der Waals surface area contributed by atoms with Crippen LogP contribution in [0.15, 0.2) is 0 Å². The number of piperidine rings is 1. The van der Waals surface area contributed by atoms with Gasteiger partial charge in [0.15, 0.2) is 0 Å². The zero-order valence-electron chi connectivity index (χ0n) is 15.4. The van der Waals surface area contributed by atoms with E-state index in [0.717, 1.165) is 17.3 Å². The number of nitrogens with zero attached hydrogens (tertiary/aromatic N) is 1. The van der Waals surface area contributed by atoms with E-state index in [4.69, 9.17) is 14.2 Å². The molecule has 23 heavy (non-hydrogen) atoms. The molecule has 1 aliphatic rings. The predicted octanol–water partition coefficient (Wildman–Crippen LogP) is 3.88. The van der Waals surface area contributed by atoms with Crippen LogP contribution in [-0.2, 0) is 14.2 Å². The quantitative estimate of drug-likeness (QED) is 0.464. The second-order valence-corrected chi connectivity index (χ2v) is 8.40. The highest BCUT2D eigenvalue weighted by Crippen LogP contribution is 2.32. The average Bonchev–Trinajstić information content (AvgIpc) is 2.45. The minimum Gasteiger partial charge on any atom is -0.444 e. The SMILES string of the molecule is COCC(OC1(CI)CCN(C(=O)OC(C)(C)C)CC1)C(C)C. The van der Waals surface area contributed by atoms with Crippen molar-refractivity contribution in [1.29, 1.82) is 0 Å². The van der Waals surface area contributed by atoms with Gasteiger partial charge in [-0.05, 0) is 39.5 Å². The molecule has 0 saturated carbocycles. The number of carbonyl (C=O) groups excluding carboxylic acids is 1. The molecule has 1 amide bonds. The monoisotopic (exact) mass is 441 g/mol. The maximum absolute atomic E-state index is 12.2. The highest BCUT2D eigenvalue weighted by molar-refractivity contribution is 14.1. The van der Waals surface area contributed by atoms with Crippen LogP contribution in [0.3, 0.4) is 0 Å². The molecule has 0 aliphatic carbocycles. The number of hydrogen-bond donors (Lipinski definition) is 0. The Morgan fingerprint density at radius 2 is 1.83 bits per heavy atom. The largest absolute Gasteiger partial charge is 0.444 e. The molecule has 0 aromatic rings. The number of rotatable bonds is 6. The normalized spacial score (nSPS) is 19.7. The first-order valence-corrected chi connectivity index (χ1v) is 9.85. The Hall–Kier alpha value is -0.0800. The molecule has 0 aromatic carbocycles. The standard InChI is InChI=1S/C17H32INO4/c1-13(2)14(11-21-6)22-17(12-18)7-9-19(10-8-17)15(20)23-16(3,4)5/h13-14H,7-12H2,1-6H3. The Morgan fingerprint density at radius 3 is 2.22 bits per heavy atom. The van der Waals surface area contributed by atoms with Gasteiger partial charge in [0.1, 0.15) is 5.60 Å². The van der Waals surface area contributed by atoms with Crippen LogP contribution in [-0.4, -0.2) is 59.5 Å². The highest BCUT2D eigenvalue weighted by Gasteiger charge is 2.39. The molecule has 6 heteroatoms. The Labute approximate surface area is 154 Å². The van der Waals surface area contributed by atoms with E-state index < -0.39 is 5.60 Å². The summed E-state index contributed by atoms with van der Waals surface area (Å²) in [5.41, 5.74) is -0.626. The first-order chi connectivity index (χ1) is 10.6. The number of carbonyl (C=O) groups is 1. The van der Waals surface area contributed by atoms with E-state index in [0.29, 0.717) is 25.6 Å². The number of likely N-dealkylation sites (tertiary alicyclic amines) is 1. The number of amides is 1. The van der Waals surface area contributed by atoms with E-state index in [9.17, 15) is 4.79 Å². The lowest BCUT2D eigenvalue weighted by Gasteiger charge is -2.43. The van der Waals surface area contributed by atoms with Crippen molar-refractivity contribution in [3.63, 3.8) is 0 Å². The van der Waals surface area contributed by atoms with Crippen molar-refractivity contribution >= 4 is 28.7 Å². The molecule has 0 radical (unpaired) electrons. The topological polar surface area (TPSA) is 48.0 Å². The fourth-order valence-corrected chi connectivity index (χ4v) is 3.50. The van der Waals surface area contributed by atoms with E-state index >= 15 is 0 Å². The smallest absolute Gasteiger partial charge is 0.410 e. The molecule has 1 fully saturated rings. The first-order valence-electron chi connectivity index (χ1n) is 8.33. The lowest BCUT2D eigenvalue weighted by molar-refractivity contribution is -0.138. The molecule has 136 valence electrons. The molecule has 0 spiro atoms. The van der Waals surface area contributed by atoms with E-state index in [2.05, 4.69) is 36.4 Å². The van der Waals surface area contributed by atoms with Gasteiger partial charge in [-0.1, -0.05) is 36.4 Å². The third kappa shape index (κ3) is 6.74. The van der Waals surface area contributed by atoms with Gasteiger partial charge in [0.2, 0.25) is 0 Å². The molecular formula is C17H32INO4. The minimum absolute atomic E-state index is 0.0860. The van der Waals surface area contributed by atoms with Gasteiger partial charge in [0, 0.05) is 24.6 Å². The Balaban J connectivity index is 2.63. The number of methoxy groups -OCH3 is 1. The van der Waals surface area contributed by atoms with Crippen LogP contribution in [0.4, 0.5) is 4.79 Å². The van der Waals surface area contributed by atoms with Crippen LogP contribution in [0.5, 0.6) is 0 Å². The maximum atomic E-state index is 12.2. The van der Waals surface area contributed by atoms with Crippen LogP contribution in [0.2, 0.25) is 0 Å². The second kappa shape index (κ2) is 8.85. The van der Waals surface area contributed by atoms with Crippen molar-refractivity contribution in [2.24, 2.45) is 5.92 Å². The first kappa shape index (κ1) is 21.0. The predicted molar refractivity (Wildman–Crippen MR) is 100 cm³/mol. The summed E-state index contributed by atoms with van der Waals surface area (Å²) in [6, 6.07) is 0. The third-order valence-electron chi connectivity index (χ3n) is 4.05. The van der Waals surface area contributed by atoms with E-state index in [1.165, 1.54) is 0 Å². The highest BCUT2D eigenvalue weighted by atomic mass is 127. The van der Waals surface area contributed by atoms with Crippen molar-refractivity contribution in [2.45, 2.75) is 64.8 Å². The molecule has 1 heterocycles. The zero-order chi connectivity index (χ0) is 17.7. The van der Waals surface area contributed by atoms with Crippen molar-refractivity contribution in [3.8, 4) is 0 Å². The number of halogens is 1. The van der Waals surface area contributed by atoms with E-state index in [1.54, 1.807) is 12.0 Å². The van der Waals surface area contributed by atoms with Gasteiger partial charge in [-0.15, -0.1) is 0 Å². The summed E-state index contributed by atoms with van der Waals surface area (Å²) in [7, 11) is 1.71. The summed E-state index contributed by atoms with van der Waals surface area (Å²) in [5, 5.41) is 0. The van der Waals surface area contributed by atoms with Gasteiger partial charge in [0.05, 0.1) is 18.3 Å². The van der Waals surface area contributed by atoms with Crippen LogP contribution in [0, 0.1) is 5.92 Å². The molecule has 1 atom stereocenters. The summed E-state index contributed by atoms with van der Waals surface area (Å²) in [6.07, 6.45) is 1.53. The molecule has 1 saturated heterocycles. The summed E-state index contributed by atoms with van der Waals surface area (Å²) >= 11 is 2.39. The summed E-state index contributed by atoms with van der Waals surface area (Å²) in [6.45, 7) is 11.9. The van der Waals surface area contributed by atoms with Crippen LogP contribution >= 0.6 is 22.6 Å². The number of hydrogen-bond acceptors (Lipinski definition) is 4. The molecular weight excluding hydrogens is 409 g/mol. The molecule has 0 N–H and O–H groups in total. The van der Waals surface area contributed by atoms with Gasteiger partial charge in [-0.25, -0.2) is 4.79 Å². The summed E-state index contributed by atoms with van der Waals surface area (Å²) < 4.78 is 18.1. The van der Waals surface area contributed by atoms with Crippen molar-refractivity contribution in [1.82, 2.24) is 4.90 Å². The number of alkyl halides is 1.